The largest absolute Gasteiger partial charge is 0.496 e. The Morgan fingerprint density at radius 3 is 2.41 bits per heavy atom. The van der Waals surface area contributed by atoms with Gasteiger partial charge in [-0.3, -0.25) is 9.59 Å². The Morgan fingerprint density at radius 1 is 0.977 bits per heavy atom. The highest BCUT2D eigenvalue weighted by atomic mass is 32.1. The zero-order chi connectivity index (χ0) is 30.6. The normalized spacial score (nSPS) is 23.6. The Labute approximate surface area is 265 Å². The molecule has 7 nitrogen and oxygen atoms in total. The third-order valence-electron chi connectivity index (χ3n) is 9.92. The molecule has 3 aromatic rings. The van der Waals surface area contributed by atoms with Gasteiger partial charge in [-0.15, -0.1) is 11.3 Å². The molecular weight excluding hydrogens is 570 g/mol. The van der Waals surface area contributed by atoms with Gasteiger partial charge >= 0.3 is 0 Å². The van der Waals surface area contributed by atoms with Gasteiger partial charge < -0.3 is 20.1 Å². The number of aromatic nitrogens is 1. The number of amides is 2. The van der Waals surface area contributed by atoms with Gasteiger partial charge in [-0.2, -0.15) is 0 Å². The van der Waals surface area contributed by atoms with Crippen LogP contribution in [0.15, 0.2) is 48.7 Å². The molecule has 6 rings (SSSR count). The first-order valence-electron chi connectivity index (χ1n) is 16.3. The topological polar surface area (TPSA) is 91.8 Å². The Kier molecular flexibility index (Phi) is 9.67. The van der Waals surface area contributed by atoms with E-state index in [1.165, 1.54) is 29.0 Å². The molecule has 3 fully saturated rings. The number of thiazole rings is 1. The van der Waals surface area contributed by atoms with E-state index in [4.69, 9.17) is 14.8 Å². The van der Waals surface area contributed by atoms with Crippen molar-refractivity contribution in [2.75, 3.05) is 25.2 Å². The second kappa shape index (κ2) is 13.8. The fourth-order valence-electron chi connectivity index (χ4n) is 7.16. The summed E-state index contributed by atoms with van der Waals surface area (Å²) < 4.78 is 5.47. The summed E-state index contributed by atoms with van der Waals surface area (Å²) in [6.45, 7) is 2.34. The Morgan fingerprint density at radius 2 is 1.73 bits per heavy atom. The molecule has 0 saturated heterocycles. The lowest BCUT2D eigenvalue weighted by atomic mass is 9.78. The van der Waals surface area contributed by atoms with E-state index >= 15 is 0 Å². The van der Waals surface area contributed by atoms with E-state index in [0.717, 1.165) is 79.8 Å². The van der Waals surface area contributed by atoms with Crippen molar-refractivity contribution in [3.05, 3.63) is 64.8 Å². The molecule has 2 aromatic carbocycles. The zero-order valence-electron chi connectivity index (χ0n) is 26.0. The fourth-order valence-corrected chi connectivity index (χ4v) is 8.24. The van der Waals surface area contributed by atoms with Gasteiger partial charge in [-0.1, -0.05) is 24.3 Å². The lowest BCUT2D eigenvalue weighted by Crippen LogP contribution is -2.44. The molecule has 0 bridgehead atoms. The smallest absolute Gasteiger partial charge is 0.245 e. The molecule has 0 spiro atoms. The molecule has 0 radical (unpaired) electrons. The Balaban J connectivity index is 1.17. The van der Waals surface area contributed by atoms with Gasteiger partial charge in [0.15, 0.2) is 0 Å². The molecule has 8 heteroatoms. The highest BCUT2D eigenvalue weighted by Gasteiger charge is 2.33. The van der Waals surface area contributed by atoms with Crippen molar-refractivity contribution in [3.8, 4) is 16.2 Å². The average molecular weight is 616 g/mol. The van der Waals surface area contributed by atoms with Crippen LogP contribution in [0.25, 0.3) is 10.4 Å². The summed E-state index contributed by atoms with van der Waals surface area (Å²) in [4.78, 5) is 33.9. The predicted molar refractivity (Wildman–Crippen MR) is 175 cm³/mol. The van der Waals surface area contributed by atoms with E-state index in [-0.39, 0.29) is 23.8 Å². The van der Waals surface area contributed by atoms with E-state index in [9.17, 15) is 9.59 Å². The van der Waals surface area contributed by atoms with Crippen LogP contribution in [0.4, 0.5) is 5.69 Å². The first-order chi connectivity index (χ1) is 21.4. The molecule has 0 aliphatic heterocycles. The maximum atomic E-state index is 14.3. The van der Waals surface area contributed by atoms with Crippen molar-refractivity contribution in [1.29, 1.82) is 0 Å². The summed E-state index contributed by atoms with van der Waals surface area (Å²) in [5.41, 5.74) is 4.67. The molecule has 2 N–H and O–H groups in total. The molecular formula is C36H45N3O4S. The summed E-state index contributed by atoms with van der Waals surface area (Å²) in [6, 6.07) is 15.1. The van der Waals surface area contributed by atoms with Crippen LogP contribution in [0, 0.1) is 18.8 Å². The standard InChI is InChI=1S/C36H45N3O4S/c1-23-18-28(14-17-32(23)43-2)25-8-6-24(7-9-25)21-39(36(42)27-12-15-30(16-13-27)38-34(41)22-40)31-5-3-4-29(19-31)33-20-37-35(44-33)26-10-11-26/h3-5,14,17-20,24-27,30,40H,6-13,15-16,21-22H2,1-2H3,(H,38,41)/t24-,25-,27-,30-. The van der Waals surface area contributed by atoms with Crippen LogP contribution in [0.5, 0.6) is 5.75 Å². The SMILES string of the molecule is COc1ccc([C@H]2CC[C@H](CN(c3cccc(-c4cnc(C5CC5)s4)c3)C(=O)[C@H]3CC[C@H](NC(=O)CO)CC3)CC2)cc1C. The molecule has 3 aliphatic rings. The highest BCUT2D eigenvalue weighted by Crippen LogP contribution is 2.44. The minimum atomic E-state index is -0.495. The Bertz CT molecular complexity index is 1450. The Hall–Kier alpha value is -3.23. The van der Waals surface area contributed by atoms with Gasteiger partial charge in [0.2, 0.25) is 11.8 Å². The summed E-state index contributed by atoms with van der Waals surface area (Å²) in [5, 5.41) is 13.3. The second-order valence-corrected chi connectivity index (χ2v) is 14.1. The number of nitrogens with zero attached hydrogens (tertiary/aromatic N) is 2. The van der Waals surface area contributed by atoms with E-state index < -0.39 is 6.61 Å². The van der Waals surface area contributed by atoms with Gasteiger partial charge in [0.25, 0.3) is 0 Å². The van der Waals surface area contributed by atoms with Crippen molar-refractivity contribution in [3.63, 3.8) is 0 Å². The average Bonchev–Trinajstić information content (AvgIpc) is 3.79. The first kappa shape index (κ1) is 30.8. The summed E-state index contributed by atoms with van der Waals surface area (Å²) in [7, 11) is 1.72. The number of carbonyl (C=O) groups excluding carboxylic acids is 2. The number of rotatable bonds is 10. The van der Waals surface area contributed by atoms with Crippen LogP contribution >= 0.6 is 11.3 Å². The third-order valence-corrected chi connectivity index (χ3v) is 11.1. The molecule has 2 amide bonds. The number of methoxy groups -OCH3 is 1. The van der Waals surface area contributed by atoms with Gasteiger partial charge in [0, 0.05) is 36.3 Å². The van der Waals surface area contributed by atoms with E-state index in [1.54, 1.807) is 18.4 Å². The van der Waals surface area contributed by atoms with Gasteiger partial charge in [0.05, 0.1) is 17.0 Å². The highest BCUT2D eigenvalue weighted by molar-refractivity contribution is 7.15. The maximum Gasteiger partial charge on any atom is 0.245 e. The van der Waals surface area contributed by atoms with E-state index in [0.29, 0.717) is 17.8 Å². The lowest BCUT2D eigenvalue weighted by Gasteiger charge is -2.36. The molecule has 0 unspecified atom stereocenters. The van der Waals surface area contributed by atoms with Crippen molar-refractivity contribution < 1.29 is 19.4 Å². The predicted octanol–water partition coefficient (Wildman–Crippen LogP) is 6.98. The number of ether oxygens (including phenoxy) is 1. The van der Waals surface area contributed by atoms with Crippen molar-refractivity contribution in [2.45, 2.75) is 89.0 Å². The van der Waals surface area contributed by atoms with Crippen LogP contribution in [0.2, 0.25) is 0 Å². The zero-order valence-corrected chi connectivity index (χ0v) is 26.8. The number of benzene rings is 2. The third kappa shape index (κ3) is 7.18. The number of hydrogen-bond donors (Lipinski definition) is 2. The van der Waals surface area contributed by atoms with Crippen molar-refractivity contribution >= 4 is 28.8 Å². The number of carbonyl (C=O) groups is 2. The van der Waals surface area contributed by atoms with Crippen LogP contribution in [-0.2, 0) is 9.59 Å². The summed E-state index contributed by atoms with van der Waals surface area (Å²) in [6.07, 6.45) is 11.9. The van der Waals surface area contributed by atoms with Crippen molar-refractivity contribution in [1.82, 2.24) is 10.3 Å². The number of aliphatic hydroxyl groups excluding tert-OH is 1. The molecule has 44 heavy (non-hydrogen) atoms. The first-order valence-corrected chi connectivity index (χ1v) is 17.2. The number of nitrogens with one attached hydrogen (secondary N) is 1. The maximum absolute atomic E-state index is 14.3. The quantitative estimate of drug-likeness (QED) is 0.257. The van der Waals surface area contributed by atoms with Crippen LogP contribution in [0.3, 0.4) is 0 Å². The number of anilines is 1. The van der Waals surface area contributed by atoms with Gasteiger partial charge in [-0.25, -0.2) is 4.98 Å². The molecule has 234 valence electrons. The second-order valence-electron chi connectivity index (χ2n) is 13.1. The fraction of sp³-hybridized carbons (Fsp3) is 0.528. The monoisotopic (exact) mass is 615 g/mol. The molecule has 3 aliphatic carbocycles. The van der Waals surface area contributed by atoms with Crippen LogP contribution < -0.4 is 15.0 Å². The van der Waals surface area contributed by atoms with Gasteiger partial charge in [-0.05, 0) is 118 Å². The lowest BCUT2D eigenvalue weighted by molar-refractivity contribution is -0.125. The number of aryl methyl sites for hydroxylation is 1. The summed E-state index contributed by atoms with van der Waals surface area (Å²) >= 11 is 1.78. The van der Waals surface area contributed by atoms with Gasteiger partial charge in [0.1, 0.15) is 12.4 Å². The number of hydrogen-bond acceptors (Lipinski definition) is 6. The number of aliphatic hydroxyl groups is 1. The van der Waals surface area contributed by atoms with Crippen LogP contribution in [0.1, 0.15) is 92.2 Å². The van der Waals surface area contributed by atoms with E-state index in [1.807, 2.05) is 6.20 Å². The molecule has 3 saturated carbocycles. The molecule has 0 atom stereocenters. The minimum absolute atomic E-state index is 0.0272. The minimum Gasteiger partial charge on any atom is -0.496 e. The van der Waals surface area contributed by atoms with Crippen LogP contribution in [-0.4, -0.2) is 48.2 Å². The van der Waals surface area contributed by atoms with Crippen molar-refractivity contribution in [2.24, 2.45) is 11.8 Å². The summed E-state index contributed by atoms with van der Waals surface area (Å²) in [5.74, 6) is 2.35. The van der Waals surface area contributed by atoms with E-state index in [2.05, 4.69) is 59.6 Å². The molecule has 1 heterocycles. The molecule has 1 aromatic heterocycles.